The fourth-order valence-corrected chi connectivity index (χ4v) is 3.48. The van der Waals surface area contributed by atoms with Crippen LogP contribution in [0.3, 0.4) is 0 Å². The smallest absolute Gasteiger partial charge is 0.269 e. The van der Waals surface area contributed by atoms with Crippen LogP contribution in [0, 0.1) is 5.82 Å². The predicted molar refractivity (Wildman–Crippen MR) is 104 cm³/mol. The summed E-state index contributed by atoms with van der Waals surface area (Å²) in [5.41, 5.74) is 3.09. The van der Waals surface area contributed by atoms with Gasteiger partial charge in [0.15, 0.2) is 0 Å². The van der Waals surface area contributed by atoms with Crippen molar-refractivity contribution < 1.29 is 9.18 Å². The van der Waals surface area contributed by atoms with Gasteiger partial charge in [0.2, 0.25) is 0 Å². The molecule has 1 aliphatic heterocycles. The van der Waals surface area contributed by atoms with E-state index in [0.717, 1.165) is 11.1 Å². The first kappa shape index (κ1) is 17.8. The maximum atomic E-state index is 13.2. The normalized spacial score (nSPS) is 16.1. The second-order valence-electron chi connectivity index (χ2n) is 6.32. The highest BCUT2D eigenvalue weighted by Crippen LogP contribution is 2.23. The standard InChI is InChI=1S/C20H19FN4OS/c1-27-16-8-2-13(3-9-16)11-22-19-12-23-20(26)18-10-17(24-25(18)19)14-4-6-15(21)7-5-14/h2-10,19,22H,11-12H2,1H3,(H,23,26). The Kier molecular flexibility index (Phi) is 4.96. The number of aromatic nitrogens is 2. The fourth-order valence-electron chi connectivity index (χ4n) is 3.07. The van der Waals surface area contributed by atoms with Gasteiger partial charge < -0.3 is 5.32 Å². The van der Waals surface area contributed by atoms with Crippen LogP contribution in [0.1, 0.15) is 22.2 Å². The number of nitrogens with one attached hydrogen (secondary N) is 2. The van der Waals surface area contributed by atoms with E-state index in [0.29, 0.717) is 24.5 Å². The monoisotopic (exact) mass is 382 g/mol. The Balaban J connectivity index is 1.55. The van der Waals surface area contributed by atoms with Crippen molar-refractivity contribution in [2.24, 2.45) is 0 Å². The van der Waals surface area contributed by atoms with Gasteiger partial charge in [0, 0.05) is 17.0 Å². The minimum atomic E-state index is -0.299. The molecule has 0 saturated carbocycles. The average Bonchev–Trinajstić information content (AvgIpc) is 3.15. The molecule has 1 unspecified atom stereocenters. The number of fused-ring (bicyclic) bond motifs is 1. The van der Waals surface area contributed by atoms with Gasteiger partial charge in [-0.05, 0) is 54.3 Å². The second kappa shape index (κ2) is 7.54. The van der Waals surface area contributed by atoms with Crippen molar-refractivity contribution in [3.05, 3.63) is 71.7 Å². The number of hydrogen-bond acceptors (Lipinski definition) is 4. The molecular formula is C20H19FN4OS. The van der Waals surface area contributed by atoms with Crippen molar-refractivity contribution in [2.75, 3.05) is 12.8 Å². The summed E-state index contributed by atoms with van der Waals surface area (Å²) < 4.78 is 14.9. The molecule has 2 N–H and O–H groups in total. The van der Waals surface area contributed by atoms with E-state index in [1.807, 2.05) is 0 Å². The highest BCUT2D eigenvalue weighted by Gasteiger charge is 2.27. The Morgan fingerprint density at radius 1 is 1.22 bits per heavy atom. The van der Waals surface area contributed by atoms with E-state index in [-0.39, 0.29) is 17.9 Å². The highest BCUT2D eigenvalue weighted by atomic mass is 32.2. The van der Waals surface area contributed by atoms with Crippen molar-refractivity contribution >= 4 is 17.7 Å². The lowest BCUT2D eigenvalue weighted by molar-refractivity contribution is 0.0900. The fraction of sp³-hybridized carbons (Fsp3) is 0.200. The molecule has 7 heteroatoms. The maximum Gasteiger partial charge on any atom is 0.269 e. The minimum Gasteiger partial charge on any atom is -0.347 e. The summed E-state index contributed by atoms with van der Waals surface area (Å²) in [6.07, 6.45) is 1.91. The molecule has 27 heavy (non-hydrogen) atoms. The van der Waals surface area contributed by atoms with E-state index in [1.165, 1.54) is 17.0 Å². The van der Waals surface area contributed by atoms with Gasteiger partial charge in [-0.1, -0.05) is 12.1 Å². The van der Waals surface area contributed by atoms with Crippen LogP contribution < -0.4 is 10.6 Å². The van der Waals surface area contributed by atoms with Crippen LogP contribution in [-0.2, 0) is 6.54 Å². The van der Waals surface area contributed by atoms with Crippen molar-refractivity contribution in [3.63, 3.8) is 0 Å². The lowest BCUT2D eigenvalue weighted by atomic mass is 10.1. The first-order valence-electron chi connectivity index (χ1n) is 8.64. The molecule has 138 valence electrons. The third-order valence-electron chi connectivity index (χ3n) is 4.56. The molecule has 5 nitrogen and oxygen atoms in total. The summed E-state index contributed by atoms with van der Waals surface area (Å²) in [5, 5.41) is 10.9. The van der Waals surface area contributed by atoms with E-state index in [1.54, 1.807) is 34.6 Å². The van der Waals surface area contributed by atoms with Gasteiger partial charge in [-0.25, -0.2) is 9.07 Å². The van der Waals surface area contributed by atoms with Gasteiger partial charge in [-0.2, -0.15) is 5.10 Å². The zero-order valence-electron chi connectivity index (χ0n) is 14.8. The minimum absolute atomic E-state index is 0.146. The summed E-state index contributed by atoms with van der Waals surface area (Å²) in [6, 6.07) is 16.2. The third-order valence-corrected chi connectivity index (χ3v) is 5.30. The number of thioether (sulfide) groups is 1. The molecule has 0 aliphatic carbocycles. The lowest BCUT2D eigenvalue weighted by Crippen LogP contribution is -2.45. The van der Waals surface area contributed by atoms with Crippen LogP contribution in [0.15, 0.2) is 59.5 Å². The number of benzene rings is 2. The summed E-state index contributed by atoms with van der Waals surface area (Å²) in [7, 11) is 0. The molecule has 0 bridgehead atoms. The van der Waals surface area contributed by atoms with Gasteiger partial charge in [0.05, 0.1) is 12.2 Å². The van der Waals surface area contributed by atoms with Crippen LogP contribution in [0.5, 0.6) is 0 Å². The molecule has 1 aromatic heterocycles. The van der Waals surface area contributed by atoms with Crippen LogP contribution in [0.2, 0.25) is 0 Å². The number of nitrogens with zero attached hydrogens (tertiary/aromatic N) is 2. The molecule has 2 aromatic carbocycles. The van der Waals surface area contributed by atoms with Crippen LogP contribution in [-0.4, -0.2) is 28.5 Å². The zero-order chi connectivity index (χ0) is 18.8. The maximum absolute atomic E-state index is 13.2. The second-order valence-corrected chi connectivity index (χ2v) is 7.20. The summed E-state index contributed by atoms with van der Waals surface area (Å²) >= 11 is 1.71. The number of carbonyl (C=O) groups is 1. The Morgan fingerprint density at radius 2 is 1.96 bits per heavy atom. The van der Waals surface area contributed by atoms with Crippen LogP contribution in [0.4, 0.5) is 4.39 Å². The van der Waals surface area contributed by atoms with E-state index >= 15 is 0 Å². The molecule has 0 saturated heterocycles. The Hall–Kier alpha value is -2.64. The number of halogens is 1. The van der Waals surface area contributed by atoms with E-state index in [9.17, 15) is 9.18 Å². The summed E-state index contributed by atoms with van der Waals surface area (Å²) in [4.78, 5) is 13.4. The Labute approximate surface area is 161 Å². The van der Waals surface area contributed by atoms with Crippen molar-refractivity contribution in [1.29, 1.82) is 0 Å². The van der Waals surface area contributed by atoms with Gasteiger partial charge in [-0.15, -0.1) is 11.8 Å². The molecule has 2 heterocycles. The molecule has 3 aromatic rings. The van der Waals surface area contributed by atoms with Crippen molar-refractivity contribution in [3.8, 4) is 11.3 Å². The number of rotatable bonds is 5. The Bertz CT molecular complexity index is 953. The quantitative estimate of drug-likeness (QED) is 0.664. The van der Waals surface area contributed by atoms with Crippen LogP contribution >= 0.6 is 11.8 Å². The summed E-state index contributed by atoms with van der Waals surface area (Å²) in [6.45, 7) is 1.12. The lowest BCUT2D eigenvalue weighted by Gasteiger charge is -2.25. The van der Waals surface area contributed by atoms with Gasteiger partial charge >= 0.3 is 0 Å². The average molecular weight is 382 g/mol. The first-order chi connectivity index (χ1) is 13.1. The molecule has 0 spiro atoms. The number of amides is 1. The van der Waals surface area contributed by atoms with Gasteiger partial charge in [0.1, 0.15) is 17.7 Å². The SMILES string of the molecule is CSc1ccc(CNC2CNC(=O)c3cc(-c4ccc(F)cc4)nn32)cc1. The highest BCUT2D eigenvalue weighted by molar-refractivity contribution is 7.98. The van der Waals surface area contributed by atoms with Gasteiger partial charge in [0.25, 0.3) is 5.91 Å². The Morgan fingerprint density at radius 3 is 2.67 bits per heavy atom. The molecule has 0 fully saturated rings. The topological polar surface area (TPSA) is 58.9 Å². The van der Waals surface area contributed by atoms with E-state index < -0.39 is 0 Å². The zero-order valence-corrected chi connectivity index (χ0v) is 15.6. The third kappa shape index (κ3) is 3.74. The molecule has 1 atom stereocenters. The number of carbonyl (C=O) groups excluding carboxylic acids is 1. The molecular weight excluding hydrogens is 363 g/mol. The molecule has 4 rings (SSSR count). The summed E-state index contributed by atoms with van der Waals surface area (Å²) in [5.74, 6) is -0.453. The molecule has 0 radical (unpaired) electrons. The largest absolute Gasteiger partial charge is 0.347 e. The first-order valence-corrected chi connectivity index (χ1v) is 9.86. The predicted octanol–water partition coefficient (Wildman–Crippen LogP) is 3.44. The van der Waals surface area contributed by atoms with Crippen LogP contribution in [0.25, 0.3) is 11.3 Å². The van der Waals surface area contributed by atoms with Crippen molar-refractivity contribution in [1.82, 2.24) is 20.4 Å². The van der Waals surface area contributed by atoms with E-state index in [2.05, 4.69) is 46.3 Å². The van der Waals surface area contributed by atoms with Crippen molar-refractivity contribution in [2.45, 2.75) is 17.6 Å². The van der Waals surface area contributed by atoms with E-state index in [4.69, 9.17) is 0 Å². The molecule has 1 amide bonds. The molecule has 1 aliphatic rings. The van der Waals surface area contributed by atoms with Gasteiger partial charge in [-0.3, -0.25) is 10.1 Å². The number of hydrogen-bond donors (Lipinski definition) is 2.